The Morgan fingerprint density at radius 2 is 1.95 bits per heavy atom. The van der Waals surface area contributed by atoms with Crippen molar-refractivity contribution in [2.45, 2.75) is 31.3 Å². The molecule has 108 valence electrons. The fourth-order valence-corrected chi connectivity index (χ4v) is 3.45. The van der Waals surface area contributed by atoms with Crippen molar-refractivity contribution in [3.63, 3.8) is 0 Å². The standard InChI is InChI=1S/C14H15Cl2FN2O/c15-11-6-12(16)13(17)5-10(11)14(20)19-4-3-8-1-2-9(7-19)18-8/h5-6,8-9,18H,1-4,7H2. The lowest BCUT2D eigenvalue weighted by Gasteiger charge is -2.24. The summed E-state index contributed by atoms with van der Waals surface area (Å²) in [7, 11) is 0. The van der Waals surface area contributed by atoms with Gasteiger partial charge in [-0.25, -0.2) is 4.39 Å². The van der Waals surface area contributed by atoms with Crippen molar-refractivity contribution in [1.29, 1.82) is 0 Å². The van der Waals surface area contributed by atoms with Crippen LogP contribution in [0.3, 0.4) is 0 Å². The number of likely N-dealkylation sites (tertiary alicyclic amines) is 1. The van der Waals surface area contributed by atoms with Gasteiger partial charge in [-0.1, -0.05) is 23.2 Å². The zero-order valence-corrected chi connectivity index (χ0v) is 12.3. The van der Waals surface area contributed by atoms with E-state index in [1.165, 1.54) is 12.5 Å². The molecule has 0 aromatic heterocycles. The Bertz CT molecular complexity index is 552. The number of hydrogen-bond acceptors (Lipinski definition) is 2. The lowest BCUT2D eigenvalue weighted by atomic mass is 10.1. The lowest BCUT2D eigenvalue weighted by Crippen LogP contribution is -2.39. The smallest absolute Gasteiger partial charge is 0.255 e. The lowest BCUT2D eigenvalue weighted by molar-refractivity contribution is 0.0748. The van der Waals surface area contributed by atoms with E-state index in [-0.39, 0.29) is 21.5 Å². The Kier molecular flexibility index (Phi) is 3.89. The van der Waals surface area contributed by atoms with Crippen LogP contribution in [-0.2, 0) is 0 Å². The molecule has 0 radical (unpaired) electrons. The van der Waals surface area contributed by atoms with E-state index >= 15 is 0 Å². The molecule has 0 saturated carbocycles. The molecule has 1 amide bonds. The van der Waals surface area contributed by atoms with Crippen molar-refractivity contribution in [3.8, 4) is 0 Å². The highest BCUT2D eigenvalue weighted by Gasteiger charge is 2.32. The Morgan fingerprint density at radius 1 is 1.20 bits per heavy atom. The second kappa shape index (κ2) is 5.51. The number of hydrogen-bond donors (Lipinski definition) is 1. The maximum absolute atomic E-state index is 13.5. The van der Waals surface area contributed by atoms with Crippen LogP contribution in [0.4, 0.5) is 4.39 Å². The van der Waals surface area contributed by atoms with Crippen LogP contribution in [0, 0.1) is 5.82 Å². The molecule has 3 nitrogen and oxygen atoms in total. The summed E-state index contributed by atoms with van der Waals surface area (Å²) in [6, 6.07) is 3.25. The highest BCUT2D eigenvalue weighted by molar-refractivity contribution is 6.36. The van der Waals surface area contributed by atoms with E-state index in [9.17, 15) is 9.18 Å². The van der Waals surface area contributed by atoms with Crippen LogP contribution in [0.1, 0.15) is 29.6 Å². The third kappa shape index (κ3) is 2.65. The fraction of sp³-hybridized carbons (Fsp3) is 0.500. The maximum atomic E-state index is 13.5. The third-order valence-electron chi connectivity index (χ3n) is 4.05. The van der Waals surface area contributed by atoms with Crippen molar-refractivity contribution >= 4 is 29.1 Å². The normalized spacial score (nSPS) is 25.6. The van der Waals surface area contributed by atoms with Gasteiger partial charge in [-0.05, 0) is 31.4 Å². The number of rotatable bonds is 1. The first-order chi connectivity index (χ1) is 9.54. The maximum Gasteiger partial charge on any atom is 0.255 e. The third-order valence-corrected chi connectivity index (χ3v) is 4.65. The average molecular weight is 317 g/mol. The minimum Gasteiger partial charge on any atom is -0.337 e. The minimum absolute atomic E-state index is 0.0665. The van der Waals surface area contributed by atoms with Crippen LogP contribution >= 0.6 is 23.2 Å². The molecule has 3 rings (SSSR count). The van der Waals surface area contributed by atoms with Crippen molar-refractivity contribution in [2.75, 3.05) is 13.1 Å². The van der Waals surface area contributed by atoms with Gasteiger partial charge >= 0.3 is 0 Å². The van der Waals surface area contributed by atoms with Crippen molar-refractivity contribution in [3.05, 3.63) is 33.6 Å². The summed E-state index contributed by atoms with van der Waals surface area (Å²) in [5, 5.41) is 3.63. The molecular weight excluding hydrogens is 302 g/mol. The number of halogens is 3. The molecule has 0 aliphatic carbocycles. The van der Waals surface area contributed by atoms with Gasteiger partial charge in [-0.3, -0.25) is 4.79 Å². The molecule has 2 atom stereocenters. The van der Waals surface area contributed by atoms with Crippen molar-refractivity contribution in [2.24, 2.45) is 0 Å². The fourth-order valence-electron chi connectivity index (χ4n) is 2.98. The molecule has 2 bridgehead atoms. The minimum atomic E-state index is -0.617. The average Bonchev–Trinajstić information content (AvgIpc) is 2.73. The summed E-state index contributed by atoms with van der Waals surface area (Å²) in [5.74, 6) is -0.839. The number of nitrogens with one attached hydrogen (secondary N) is 1. The number of nitrogens with zero attached hydrogens (tertiary/aromatic N) is 1. The molecule has 6 heteroatoms. The highest BCUT2D eigenvalue weighted by atomic mass is 35.5. The monoisotopic (exact) mass is 316 g/mol. The Balaban J connectivity index is 1.83. The van der Waals surface area contributed by atoms with E-state index in [1.807, 2.05) is 0 Å². The predicted octanol–water partition coefficient (Wildman–Crippen LogP) is 3.10. The molecule has 1 aromatic carbocycles. The summed E-state index contributed by atoms with van der Waals surface area (Å²) >= 11 is 11.7. The molecule has 2 unspecified atom stereocenters. The first kappa shape index (κ1) is 14.1. The van der Waals surface area contributed by atoms with Gasteiger partial charge in [0.15, 0.2) is 0 Å². The highest BCUT2D eigenvalue weighted by Crippen LogP contribution is 2.27. The van der Waals surface area contributed by atoms with Crippen LogP contribution in [0.5, 0.6) is 0 Å². The Hall–Kier alpha value is -0.840. The van der Waals surface area contributed by atoms with Gasteiger partial charge in [0.2, 0.25) is 0 Å². The van der Waals surface area contributed by atoms with E-state index in [0.717, 1.165) is 18.9 Å². The summed E-state index contributed by atoms with van der Waals surface area (Å²) in [5.41, 5.74) is 0.186. The molecule has 0 spiro atoms. The van der Waals surface area contributed by atoms with Gasteiger partial charge < -0.3 is 10.2 Å². The molecule has 2 aliphatic heterocycles. The van der Waals surface area contributed by atoms with Gasteiger partial charge in [0.1, 0.15) is 5.82 Å². The van der Waals surface area contributed by atoms with E-state index in [0.29, 0.717) is 25.2 Å². The van der Waals surface area contributed by atoms with Crippen LogP contribution in [-0.4, -0.2) is 36.0 Å². The molecule has 2 heterocycles. The largest absolute Gasteiger partial charge is 0.337 e. The zero-order chi connectivity index (χ0) is 14.3. The van der Waals surface area contributed by atoms with Crippen molar-refractivity contribution in [1.82, 2.24) is 10.2 Å². The van der Waals surface area contributed by atoms with Crippen molar-refractivity contribution < 1.29 is 9.18 Å². The van der Waals surface area contributed by atoms with Gasteiger partial charge in [0, 0.05) is 25.2 Å². The second-order valence-electron chi connectivity index (χ2n) is 5.42. The molecule has 20 heavy (non-hydrogen) atoms. The van der Waals surface area contributed by atoms with Crippen LogP contribution in [0.25, 0.3) is 0 Å². The molecule has 2 aliphatic rings. The Morgan fingerprint density at radius 3 is 2.75 bits per heavy atom. The van der Waals surface area contributed by atoms with E-state index in [4.69, 9.17) is 23.2 Å². The molecule has 2 saturated heterocycles. The SMILES string of the molecule is O=C(c1cc(F)c(Cl)cc1Cl)N1CCC2CCC(C1)N2. The van der Waals surface area contributed by atoms with Gasteiger partial charge in [-0.2, -0.15) is 0 Å². The summed E-state index contributed by atoms with van der Waals surface area (Å²) < 4.78 is 13.5. The van der Waals surface area contributed by atoms with E-state index in [2.05, 4.69) is 5.32 Å². The van der Waals surface area contributed by atoms with Crippen LogP contribution in [0.15, 0.2) is 12.1 Å². The quantitative estimate of drug-likeness (QED) is 0.807. The summed E-state index contributed by atoms with van der Waals surface area (Å²) in [4.78, 5) is 14.3. The predicted molar refractivity (Wildman–Crippen MR) is 76.9 cm³/mol. The van der Waals surface area contributed by atoms with Crippen LogP contribution in [0.2, 0.25) is 10.0 Å². The number of amides is 1. The van der Waals surface area contributed by atoms with Gasteiger partial charge in [0.05, 0.1) is 15.6 Å². The first-order valence-corrected chi connectivity index (χ1v) is 7.50. The summed E-state index contributed by atoms with van der Waals surface area (Å²) in [6.07, 6.45) is 3.18. The van der Waals surface area contributed by atoms with Gasteiger partial charge in [-0.15, -0.1) is 0 Å². The number of benzene rings is 1. The molecule has 2 fully saturated rings. The van der Waals surface area contributed by atoms with Crippen LogP contribution < -0.4 is 5.32 Å². The van der Waals surface area contributed by atoms with E-state index in [1.54, 1.807) is 4.90 Å². The Labute approximate surface area is 127 Å². The molecule has 1 aromatic rings. The first-order valence-electron chi connectivity index (χ1n) is 6.74. The van der Waals surface area contributed by atoms with Gasteiger partial charge in [0.25, 0.3) is 5.91 Å². The van der Waals surface area contributed by atoms with E-state index < -0.39 is 5.82 Å². The number of fused-ring (bicyclic) bond motifs is 2. The topological polar surface area (TPSA) is 32.3 Å². The summed E-state index contributed by atoms with van der Waals surface area (Å²) in [6.45, 7) is 1.32. The number of carbonyl (C=O) groups is 1. The molecular formula is C14H15Cl2FN2O. The second-order valence-corrected chi connectivity index (χ2v) is 6.24. The molecule has 1 N–H and O–H groups in total. The number of carbonyl (C=O) groups excluding carboxylic acids is 1. The zero-order valence-electron chi connectivity index (χ0n) is 10.8.